The molecule has 0 bridgehead atoms. The first-order chi connectivity index (χ1) is 8.16. The fraction of sp³-hybridized carbons (Fsp3) is 0.667. The number of nitrogens with one attached hydrogen (secondary N) is 1. The lowest BCUT2D eigenvalue weighted by atomic mass is 10.2. The highest BCUT2D eigenvalue weighted by Gasteiger charge is 2.11. The van der Waals surface area contributed by atoms with Gasteiger partial charge in [-0.1, -0.05) is 12.8 Å². The maximum atomic E-state index is 11.8. The summed E-state index contributed by atoms with van der Waals surface area (Å²) < 4.78 is 1.70. The Morgan fingerprint density at radius 2 is 2.12 bits per heavy atom. The Bertz CT molecular complexity index is 363. The summed E-state index contributed by atoms with van der Waals surface area (Å²) in [4.78, 5) is 11.8. The summed E-state index contributed by atoms with van der Waals surface area (Å²) >= 11 is 5.59. The van der Waals surface area contributed by atoms with Crippen LogP contribution < -0.4 is 5.32 Å². The molecule has 0 radical (unpaired) electrons. The lowest BCUT2D eigenvalue weighted by Crippen LogP contribution is -2.24. The van der Waals surface area contributed by atoms with E-state index in [-0.39, 0.29) is 5.91 Å². The van der Waals surface area contributed by atoms with E-state index in [1.807, 2.05) is 14.0 Å². The fourth-order valence-corrected chi connectivity index (χ4v) is 1.78. The van der Waals surface area contributed by atoms with Crippen molar-refractivity contribution < 1.29 is 4.79 Å². The molecule has 0 aliphatic carbocycles. The van der Waals surface area contributed by atoms with Crippen molar-refractivity contribution in [2.24, 2.45) is 7.05 Å². The zero-order chi connectivity index (χ0) is 12.7. The molecule has 0 saturated heterocycles. The van der Waals surface area contributed by atoms with Gasteiger partial charge in [0.2, 0.25) is 0 Å². The van der Waals surface area contributed by atoms with E-state index in [0.717, 1.165) is 43.8 Å². The minimum Gasteiger partial charge on any atom is -0.352 e. The predicted molar refractivity (Wildman–Crippen MR) is 69.5 cm³/mol. The van der Waals surface area contributed by atoms with Crippen LogP contribution in [0.3, 0.4) is 0 Å². The Labute approximate surface area is 107 Å². The minimum atomic E-state index is -0.0343. The van der Waals surface area contributed by atoms with E-state index in [1.54, 1.807) is 10.9 Å². The number of carbonyl (C=O) groups excluding carboxylic acids is 1. The molecular weight excluding hydrogens is 238 g/mol. The van der Waals surface area contributed by atoms with Crippen LogP contribution in [0, 0.1) is 6.92 Å². The van der Waals surface area contributed by atoms with Crippen LogP contribution in [0.25, 0.3) is 0 Å². The first kappa shape index (κ1) is 14.0. The van der Waals surface area contributed by atoms with E-state index < -0.39 is 0 Å². The van der Waals surface area contributed by atoms with Gasteiger partial charge in [0.1, 0.15) is 0 Å². The standard InChI is InChI=1S/C12H20ClN3O/c1-10-11(9-15-16(10)2)12(17)14-8-6-4-3-5-7-13/h9H,3-8H2,1-2H3,(H,14,17). The largest absolute Gasteiger partial charge is 0.352 e. The molecule has 1 rings (SSSR count). The second-order valence-electron chi connectivity index (χ2n) is 4.13. The molecule has 0 aromatic carbocycles. The summed E-state index contributed by atoms with van der Waals surface area (Å²) in [5.41, 5.74) is 1.55. The Hall–Kier alpha value is -1.03. The van der Waals surface area contributed by atoms with Crippen LogP contribution in [-0.2, 0) is 7.05 Å². The maximum Gasteiger partial charge on any atom is 0.254 e. The van der Waals surface area contributed by atoms with Crippen molar-refractivity contribution in [2.75, 3.05) is 12.4 Å². The van der Waals surface area contributed by atoms with Gasteiger partial charge in [0.05, 0.1) is 11.8 Å². The molecule has 1 amide bonds. The van der Waals surface area contributed by atoms with Crippen molar-refractivity contribution in [1.29, 1.82) is 0 Å². The first-order valence-electron chi connectivity index (χ1n) is 5.99. The Kier molecular flexibility index (Phi) is 6.05. The normalized spacial score (nSPS) is 10.5. The van der Waals surface area contributed by atoms with Crippen LogP contribution in [0.1, 0.15) is 41.7 Å². The third kappa shape index (κ3) is 4.38. The number of aromatic nitrogens is 2. The molecule has 5 heteroatoms. The van der Waals surface area contributed by atoms with Crippen LogP contribution in [-0.4, -0.2) is 28.1 Å². The van der Waals surface area contributed by atoms with Gasteiger partial charge in [0.25, 0.3) is 5.91 Å². The average molecular weight is 258 g/mol. The lowest BCUT2D eigenvalue weighted by Gasteiger charge is -2.04. The summed E-state index contributed by atoms with van der Waals surface area (Å²) in [7, 11) is 1.83. The van der Waals surface area contributed by atoms with E-state index in [2.05, 4.69) is 10.4 Å². The summed E-state index contributed by atoms with van der Waals surface area (Å²) in [6.07, 6.45) is 5.90. The van der Waals surface area contributed by atoms with Crippen LogP contribution in [0.4, 0.5) is 0 Å². The van der Waals surface area contributed by atoms with Gasteiger partial charge in [-0.05, 0) is 19.8 Å². The van der Waals surface area contributed by atoms with Crippen molar-refractivity contribution in [3.8, 4) is 0 Å². The molecule has 0 aliphatic heterocycles. The average Bonchev–Trinajstić information content (AvgIpc) is 2.64. The monoisotopic (exact) mass is 257 g/mol. The predicted octanol–water partition coefficient (Wildman–Crippen LogP) is 2.26. The van der Waals surface area contributed by atoms with Gasteiger partial charge < -0.3 is 5.32 Å². The highest BCUT2D eigenvalue weighted by molar-refractivity contribution is 6.17. The molecule has 1 aromatic heterocycles. The highest BCUT2D eigenvalue weighted by Crippen LogP contribution is 2.05. The molecule has 1 N–H and O–H groups in total. The van der Waals surface area contributed by atoms with Gasteiger partial charge in [-0.25, -0.2) is 0 Å². The highest BCUT2D eigenvalue weighted by atomic mass is 35.5. The zero-order valence-electron chi connectivity index (χ0n) is 10.5. The van der Waals surface area contributed by atoms with Gasteiger partial charge in [0, 0.05) is 25.2 Å². The number of hydrogen-bond donors (Lipinski definition) is 1. The molecule has 4 nitrogen and oxygen atoms in total. The van der Waals surface area contributed by atoms with E-state index >= 15 is 0 Å². The van der Waals surface area contributed by atoms with Crippen molar-refractivity contribution in [1.82, 2.24) is 15.1 Å². The van der Waals surface area contributed by atoms with Gasteiger partial charge in [-0.3, -0.25) is 9.48 Å². The molecule has 1 aromatic rings. The second kappa shape index (κ2) is 7.33. The van der Waals surface area contributed by atoms with E-state index in [0.29, 0.717) is 5.56 Å². The van der Waals surface area contributed by atoms with E-state index in [9.17, 15) is 4.79 Å². The van der Waals surface area contributed by atoms with Crippen molar-refractivity contribution in [3.05, 3.63) is 17.5 Å². The number of halogens is 1. The molecule has 0 fully saturated rings. The summed E-state index contributed by atoms with van der Waals surface area (Å²) in [5.74, 6) is 0.689. The molecule has 0 saturated carbocycles. The number of hydrogen-bond acceptors (Lipinski definition) is 2. The number of amides is 1. The van der Waals surface area contributed by atoms with Crippen LogP contribution in [0.15, 0.2) is 6.20 Å². The zero-order valence-corrected chi connectivity index (χ0v) is 11.3. The maximum absolute atomic E-state index is 11.8. The number of nitrogens with zero attached hydrogens (tertiary/aromatic N) is 2. The van der Waals surface area contributed by atoms with Crippen molar-refractivity contribution >= 4 is 17.5 Å². The number of unbranched alkanes of at least 4 members (excludes halogenated alkanes) is 3. The summed E-state index contributed by atoms with van der Waals surface area (Å²) in [6.45, 7) is 2.61. The Morgan fingerprint density at radius 1 is 1.41 bits per heavy atom. The molecule has 0 atom stereocenters. The summed E-state index contributed by atoms with van der Waals surface area (Å²) in [5, 5.41) is 6.95. The molecule has 0 unspecified atom stereocenters. The molecular formula is C12H20ClN3O. The number of rotatable bonds is 7. The smallest absolute Gasteiger partial charge is 0.254 e. The van der Waals surface area contributed by atoms with Gasteiger partial charge in [0.15, 0.2) is 0 Å². The van der Waals surface area contributed by atoms with E-state index in [4.69, 9.17) is 11.6 Å². The van der Waals surface area contributed by atoms with Gasteiger partial charge in [-0.15, -0.1) is 11.6 Å². The third-order valence-electron chi connectivity index (χ3n) is 2.83. The Morgan fingerprint density at radius 3 is 2.71 bits per heavy atom. The molecule has 96 valence electrons. The second-order valence-corrected chi connectivity index (χ2v) is 4.50. The number of carbonyl (C=O) groups is 1. The molecule has 0 spiro atoms. The van der Waals surface area contributed by atoms with E-state index in [1.165, 1.54) is 0 Å². The van der Waals surface area contributed by atoms with Crippen LogP contribution in [0.2, 0.25) is 0 Å². The van der Waals surface area contributed by atoms with Crippen molar-refractivity contribution in [3.63, 3.8) is 0 Å². The SMILES string of the molecule is Cc1c(C(=O)NCCCCCCCl)cnn1C. The third-order valence-corrected chi connectivity index (χ3v) is 3.09. The Balaban J connectivity index is 2.24. The van der Waals surface area contributed by atoms with Crippen LogP contribution in [0.5, 0.6) is 0 Å². The number of alkyl halides is 1. The topological polar surface area (TPSA) is 46.9 Å². The van der Waals surface area contributed by atoms with Crippen molar-refractivity contribution in [2.45, 2.75) is 32.6 Å². The molecule has 1 heterocycles. The first-order valence-corrected chi connectivity index (χ1v) is 6.53. The van der Waals surface area contributed by atoms with Crippen LogP contribution >= 0.6 is 11.6 Å². The summed E-state index contributed by atoms with van der Waals surface area (Å²) in [6, 6.07) is 0. The van der Waals surface area contributed by atoms with Gasteiger partial charge in [-0.2, -0.15) is 5.10 Å². The molecule has 17 heavy (non-hydrogen) atoms. The van der Waals surface area contributed by atoms with Gasteiger partial charge >= 0.3 is 0 Å². The quantitative estimate of drug-likeness (QED) is 0.602. The number of aryl methyl sites for hydroxylation is 1. The molecule has 0 aliphatic rings. The fourth-order valence-electron chi connectivity index (χ4n) is 1.59. The lowest BCUT2D eigenvalue weighted by molar-refractivity contribution is 0.0952. The minimum absolute atomic E-state index is 0.0343.